The number of carbonyl (C=O) groups is 1. The van der Waals surface area contributed by atoms with Gasteiger partial charge in [-0.15, -0.1) is 0 Å². The van der Waals surface area contributed by atoms with Gasteiger partial charge in [0.1, 0.15) is 0 Å². The lowest BCUT2D eigenvalue weighted by Gasteiger charge is -2.13. The third-order valence-corrected chi connectivity index (χ3v) is 3.37. The summed E-state index contributed by atoms with van der Waals surface area (Å²) in [5, 5.41) is 0. The van der Waals surface area contributed by atoms with Gasteiger partial charge >= 0.3 is 0 Å². The Bertz CT molecular complexity index is 212. The SMILES string of the molecule is CCC(=O)[C@@]12CCCCCC[C@@H]1O2. The first-order valence-electron chi connectivity index (χ1n) is 5.51. The van der Waals surface area contributed by atoms with Crippen LogP contribution in [0.4, 0.5) is 0 Å². The van der Waals surface area contributed by atoms with Crippen LogP contribution in [0.15, 0.2) is 0 Å². The van der Waals surface area contributed by atoms with Crippen molar-refractivity contribution in [2.45, 2.75) is 63.6 Å². The predicted octanol–water partition coefficient (Wildman–Crippen LogP) is 2.46. The van der Waals surface area contributed by atoms with Crippen LogP contribution in [0.2, 0.25) is 0 Å². The zero-order valence-electron chi connectivity index (χ0n) is 8.34. The lowest BCUT2D eigenvalue weighted by atomic mass is 9.87. The second kappa shape index (κ2) is 3.41. The number of Topliss-reactive ketones (excluding diaryl/α,β-unsaturated/α-hetero) is 1. The van der Waals surface area contributed by atoms with E-state index in [1.807, 2.05) is 6.92 Å². The van der Waals surface area contributed by atoms with Gasteiger partial charge in [-0.3, -0.25) is 4.79 Å². The van der Waals surface area contributed by atoms with Crippen LogP contribution in [0.25, 0.3) is 0 Å². The molecule has 2 nitrogen and oxygen atoms in total. The van der Waals surface area contributed by atoms with Crippen molar-refractivity contribution in [3.63, 3.8) is 0 Å². The van der Waals surface area contributed by atoms with E-state index in [9.17, 15) is 4.79 Å². The van der Waals surface area contributed by atoms with E-state index in [0.717, 1.165) is 12.8 Å². The maximum atomic E-state index is 11.7. The highest BCUT2D eigenvalue weighted by Gasteiger charge is 2.59. The highest BCUT2D eigenvalue weighted by Crippen LogP contribution is 2.46. The van der Waals surface area contributed by atoms with Crippen LogP contribution in [0.3, 0.4) is 0 Å². The number of carbonyl (C=O) groups excluding carboxylic acids is 1. The molecule has 74 valence electrons. The van der Waals surface area contributed by atoms with Crippen LogP contribution in [0, 0.1) is 0 Å². The molecule has 0 aromatic rings. The summed E-state index contributed by atoms with van der Waals surface area (Å²) in [4.78, 5) is 11.7. The standard InChI is InChI=1S/C11H18O2/c1-2-9(12)11-8-6-4-3-5-7-10(11)13-11/h10H,2-8H2,1H3/t10-,11-/m0/s1. The van der Waals surface area contributed by atoms with Crippen molar-refractivity contribution in [1.29, 1.82) is 0 Å². The Labute approximate surface area is 79.7 Å². The maximum absolute atomic E-state index is 11.7. The molecular weight excluding hydrogens is 164 g/mol. The fraction of sp³-hybridized carbons (Fsp3) is 0.909. The summed E-state index contributed by atoms with van der Waals surface area (Å²) in [6.45, 7) is 1.94. The second-order valence-corrected chi connectivity index (χ2v) is 4.23. The molecule has 0 unspecified atom stereocenters. The van der Waals surface area contributed by atoms with Crippen molar-refractivity contribution in [3.8, 4) is 0 Å². The third-order valence-electron chi connectivity index (χ3n) is 3.37. The van der Waals surface area contributed by atoms with Crippen LogP contribution >= 0.6 is 0 Å². The quantitative estimate of drug-likeness (QED) is 0.614. The van der Waals surface area contributed by atoms with Crippen molar-refractivity contribution < 1.29 is 9.53 Å². The number of ketones is 1. The Morgan fingerprint density at radius 2 is 2.15 bits per heavy atom. The van der Waals surface area contributed by atoms with Crippen molar-refractivity contribution in [2.24, 2.45) is 0 Å². The van der Waals surface area contributed by atoms with Gasteiger partial charge in [0.2, 0.25) is 0 Å². The molecule has 2 atom stereocenters. The molecule has 0 spiro atoms. The van der Waals surface area contributed by atoms with Gasteiger partial charge in [0.25, 0.3) is 0 Å². The van der Waals surface area contributed by atoms with Gasteiger partial charge in [-0.05, 0) is 12.8 Å². The summed E-state index contributed by atoms with van der Waals surface area (Å²) in [6, 6.07) is 0. The smallest absolute Gasteiger partial charge is 0.167 e. The lowest BCUT2D eigenvalue weighted by molar-refractivity contribution is -0.124. The van der Waals surface area contributed by atoms with Gasteiger partial charge < -0.3 is 4.74 Å². The molecule has 1 heterocycles. The number of hydrogen-bond donors (Lipinski definition) is 0. The summed E-state index contributed by atoms with van der Waals surface area (Å²) in [5.41, 5.74) is -0.310. The topological polar surface area (TPSA) is 29.6 Å². The average molecular weight is 182 g/mol. The molecule has 2 heteroatoms. The number of epoxide rings is 1. The van der Waals surface area contributed by atoms with E-state index < -0.39 is 0 Å². The minimum Gasteiger partial charge on any atom is -0.358 e. The predicted molar refractivity (Wildman–Crippen MR) is 50.6 cm³/mol. The lowest BCUT2D eigenvalue weighted by Crippen LogP contribution is -2.27. The normalized spacial score (nSPS) is 38.7. The highest BCUT2D eigenvalue weighted by molar-refractivity contribution is 5.90. The Morgan fingerprint density at radius 1 is 1.38 bits per heavy atom. The maximum Gasteiger partial charge on any atom is 0.167 e. The summed E-state index contributed by atoms with van der Waals surface area (Å²) < 4.78 is 5.63. The van der Waals surface area contributed by atoms with Crippen molar-refractivity contribution >= 4 is 5.78 Å². The number of fused-ring (bicyclic) bond motifs is 1. The van der Waals surface area contributed by atoms with Crippen molar-refractivity contribution in [1.82, 2.24) is 0 Å². The van der Waals surface area contributed by atoms with Gasteiger partial charge in [-0.25, -0.2) is 0 Å². The average Bonchev–Trinajstić information content (AvgIpc) is 2.78. The first-order chi connectivity index (χ1) is 6.29. The molecule has 0 aromatic carbocycles. The summed E-state index contributed by atoms with van der Waals surface area (Å²) in [7, 11) is 0. The fourth-order valence-corrected chi connectivity index (χ4v) is 2.49. The van der Waals surface area contributed by atoms with E-state index in [1.165, 1.54) is 25.7 Å². The van der Waals surface area contributed by atoms with Crippen molar-refractivity contribution in [2.75, 3.05) is 0 Å². The molecule has 0 N–H and O–H groups in total. The van der Waals surface area contributed by atoms with Crippen LogP contribution in [0.5, 0.6) is 0 Å². The number of ether oxygens (including phenoxy) is 1. The molecule has 0 radical (unpaired) electrons. The van der Waals surface area contributed by atoms with Crippen LogP contribution in [0.1, 0.15) is 51.9 Å². The molecular formula is C11H18O2. The minimum absolute atomic E-state index is 0.278. The fourth-order valence-electron chi connectivity index (χ4n) is 2.49. The Kier molecular flexibility index (Phi) is 2.41. The van der Waals surface area contributed by atoms with Gasteiger partial charge in [-0.2, -0.15) is 0 Å². The molecule has 0 amide bonds. The molecule has 13 heavy (non-hydrogen) atoms. The van der Waals surface area contributed by atoms with Gasteiger partial charge in [0.15, 0.2) is 11.4 Å². The zero-order valence-corrected chi connectivity index (χ0v) is 8.34. The van der Waals surface area contributed by atoms with Crippen LogP contribution < -0.4 is 0 Å². The molecule has 2 fully saturated rings. The molecule has 0 bridgehead atoms. The van der Waals surface area contributed by atoms with Crippen molar-refractivity contribution in [3.05, 3.63) is 0 Å². The largest absolute Gasteiger partial charge is 0.358 e. The van der Waals surface area contributed by atoms with E-state index in [2.05, 4.69) is 0 Å². The van der Waals surface area contributed by atoms with Crippen LogP contribution in [-0.2, 0) is 9.53 Å². The second-order valence-electron chi connectivity index (χ2n) is 4.23. The van der Waals surface area contributed by atoms with E-state index in [-0.39, 0.29) is 11.7 Å². The molecule has 0 aromatic heterocycles. The van der Waals surface area contributed by atoms with Gasteiger partial charge in [0.05, 0.1) is 6.10 Å². The molecule has 2 rings (SSSR count). The van der Waals surface area contributed by atoms with E-state index >= 15 is 0 Å². The summed E-state index contributed by atoms with van der Waals surface area (Å²) in [6.07, 6.45) is 7.99. The van der Waals surface area contributed by atoms with Gasteiger partial charge in [0, 0.05) is 6.42 Å². The third kappa shape index (κ3) is 1.52. The Morgan fingerprint density at radius 3 is 2.92 bits per heavy atom. The first kappa shape index (κ1) is 9.20. The highest BCUT2D eigenvalue weighted by atomic mass is 16.6. The van der Waals surface area contributed by atoms with E-state index in [4.69, 9.17) is 4.74 Å². The zero-order chi connectivity index (χ0) is 9.31. The van der Waals surface area contributed by atoms with E-state index in [0.29, 0.717) is 12.2 Å². The summed E-state index contributed by atoms with van der Waals surface area (Å²) >= 11 is 0. The molecule has 1 aliphatic heterocycles. The number of rotatable bonds is 2. The molecule has 2 aliphatic rings. The Balaban J connectivity index is 2.02. The minimum atomic E-state index is -0.310. The van der Waals surface area contributed by atoms with E-state index in [1.54, 1.807) is 0 Å². The molecule has 1 saturated heterocycles. The first-order valence-corrected chi connectivity index (χ1v) is 5.51. The Hall–Kier alpha value is -0.370. The van der Waals surface area contributed by atoms with Gasteiger partial charge in [-0.1, -0.05) is 32.6 Å². The molecule has 1 aliphatic carbocycles. The van der Waals surface area contributed by atoms with Crippen LogP contribution in [-0.4, -0.2) is 17.5 Å². The number of hydrogen-bond acceptors (Lipinski definition) is 2. The monoisotopic (exact) mass is 182 g/mol. The summed E-state index contributed by atoms with van der Waals surface area (Å²) in [5.74, 6) is 0.333. The molecule has 1 saturated carbocycles.